The molecule has 0 saturated heterocycles. The second-order valence-corrected chi connectivity index (χ2v) is 4.02. The van der Waals surface area contributed by atoms with Crippen molar-refractivity contribution in [1.29, 1.82) is 5.26 Å². The molecule has 0 saturated carbocycles. The largest absolute Gasteiger partial charge is 0.327 e. The average Bonchev–Trinajstić information content (AvgIpc) is 2.38. The van der Waals surface area contributed by atoms with Gasteiger partial charge in [-0.3, -0.25) is 14.9 Å². The Morgan fingerprint density at radius 2 is 2.32 bits per heavy atom. The molecule has 7 heteroatoms. The topological polar surface area (TPSA) is 122 Å². The summed E-state index contributed by atoms with van der Waals surface area (Å²) in [6.07, 6.45) is 0.733. The van der Waals surface area contributed by atoms with Gasteiger partial charge in [0.2, 0.25) is 5.91 Å². The van der Waals surface area contributed by atoms with Gasteiger partial charge in [0.15, 0.2) is 0 Å². The number of nitro benzene ring substituents is 1. The van der Waals surface area contributed by atoms with Crippen molar-refractivity contribution in [2.24, 2.45) is 5.73 Å². The number of carbonyl (C=O) groups is 1. The molecule has 0 radical (unpaired) electrons. The first kappa shape index (κ1) is 14.6. The van der Waals surface area contributed by atoms with Gasteiger partial charge in [0.25, 0.3) is 5.69 Å². The highest BCUT2D eigenvalue weighted by molar-refractivity contribution is 5.93. The maximum Gasteiger partial charge on any atom is 0.294 e. The van der Waals surface area contributed by atoms with Crippen LogP contribution in [0.25, 0.3) is 0 Å². The maximum absolute atomic E-state index is 11.6. The fourth-order valence-corrected chi connectivity index (χ4v) is 1.44. The lowest BCUT2D eigenvalue weighted by Crippen LogP contribution is -2.26. The van der Waals surface area contributed by atoms with Crippen LogP contribution in [0.2, 0.25) is 0 Å². The van der Waals surface area contributed by atoms with E-state index in [0.717, 1.165) is 6.07 Å². The number of benzene rings is 1. The van der Waals surface area contributed by atoms with Crippen LogP contribution in [0.5, 0.6) is 0 Å². The molecule has 0 spiro atoms. The standard InChI is InChI=1S/C12H14N4O3/c1-2-9(14)6-12(17)15-10-4-3-8(7-13)5-11(10)16(18)19/h3-5,9H,2,6,14H2,1H3,(H,15,17). The van der Waals surface area contributed by atoms with Crippen molar-refractivity contribution < 1.29 is 9.72 Å². The second-order valence-electron chi connectivity index (χ2n) is 4.02. The maximum atomic E-state index is 11.6. The van der Waals surface area contributed by atoms with Gasteiger partial charge in [-0.2, -0.15) is 5.26 Å². The SMILES string of the molecule is CCC(N)CC(=O)Nc1ccc(C#N)cc1[N+](=O)[O-]. The van der Waals surface area contributed by atoms with Gasteiger partial charge in [-0.25, -0.2) is 0 Å². The minimum Gasteiger partial charge on any atom is -0.327 e. The zero-order chi connectivity index (χ0) is 14.4. The molecule has 1 aromatic rings. The summed E-state index contributed by atoms with van der Waals surface area (Å²) in [5, 5.41) is 22.0. The molecule has 0 aromatic heterocycles. The lowest BCUT2D eigenvalue weighted by Gasteiger charge is -2.09. The molecular formula is C12H14N4O3. The zero-order valence-electron chi connectivity index (χ0n) is 10.4. The molecule has 0 heterocycles. The minimum absolute atomic E-state index is 0.0669. The van der Waals surface area contributed by atoms with Crippen LogP contribution in [0.3, 0.4) is 0 Å². The molecule has 19 heavy (non-hydrogen) atoms. The first-order valence-electron chi connectivity index (χ1n) is 5.72. The Morgan fingerprint density at radius 3 is 2.84 bits per heavy atom. The molecule has 0 aliphatic carbocycles. The molecule has 1 rings (SSSR count). The Labute approximate surface area is 110 Å². The summed E-state index contributed by atoms with van der Waals surface area (Å²) < 4.78 is 0. The van der Waals surface area contributed by atoms with Crippen LogP contribution in [0.4, 0.5) is 11.4 Å². The van der Waals surface area contributed by atoms with Crippen molar-refractivity contribution in [3.63, 3.8) is 0 Å². The lowest BCUT2D eigenvalue weighted by molar-refractivity contribution is -0.383. The van der Waals surface area contributed by atoms with E-state index in [1.807, 2.05) is 6.92 Å². The van der Waals surface area contributed by atoms with Gasteiger partial charge in [-0.05, 0) is 18.6 Å². The highest BCUT2D eigenvalue weighted by atomic mass is 16.6. The Bertz CT molecular complexity index is 536. The summed E-state index contributed by atoms with van der Waals surface area (Å²) >= 11 is 0. The van der Waals surface area contributed by atoms with E-state index in [9.17, 15) is 14.9 Å². The van der Waals surface area contributed by atoms with Crippen LogP contribution in [0, 0.1) is 21.4 Å². The predicted molar refractivity (Wildman–Crippen MR) is 69.3 cm³/mol. The van der Waals surface area contributed by atoms with E-state index in [0.29, 0.717) is 6.42 Å². The minimum atomic E-state index is -0.643. The van der Waals surface area contributed by atoms with E-state index in [4.69, 9.17) is 11.0 Å². The molecule has 0 aliphatic rings. The third kappa shape index (κ3) is 4.04. The van der Waals surface area contributed by atoms with Crippen LogP contribution in [-0.4, -0.2) is 16.9 Å². The number of rotatable bonds is 5. The number of amides is 1. The Morgan fingerprint density at radius 1 is 1.63 bits per heavy atom. The number of carbonyl (C=O) groups excluding carboxylic acids is 1. The van der Waals surface area contributed by atoms with Gasteiger partial charge in [0, 0.05) is 18.5 Å². The van der Waals surface area contributed by atoms with Gasteiger partial charge in [0.1, 0.15) is 5.69 Å². The molecular weight excluding hydrogens is 248 g/mol. The molecule has 1 amide bonds. The average molecular weight is 262 g/mol. The number of nitriles is 1. The van der Waals surface area contributed by atoms with Crippen LogP contribution < -0.4 is 11.1 Å². The normalized spacial score (nSPS) is 11.4. The van der Waals surface area contributed by atoms with E-state index in [1.54, 1.807) is 6.07 Å². The van der Waals surface area contributed by atoms with Crippen molar-refractivity contribution >= 4 is 17.3 Å². The van der Waals surface area contributed by atoms with E-state index in [2.05, 4.69) is 5.32 Å². The zero-order valence-corrected chi connectivity index (χ0v) is 10.4. The number of nitro groups is 1. The summed E-state index contributed by atoms with van der Waals surface area (Å²) in [4.78, 5) is 21.9. The highest BCUT2D eigenvalue weighted by Crippen LogP contribution is 2.25. The number of nitrogens with two attached hydrogens (primary N) is 1. The van der Waals surface area contributed by atoms with E-state index in [1.165, 1.54) is 12.1 Å². The number of nitrogens with zero attached hydrogens (tertiary/aromatic N) is 2. The monoisotopic (exact) mass is 262 g/mol. The molecule has 7 nitrogen and oxygen atoms in total. The fraction of sp³-hybridized carbons (Fsp3) is 0.333. The van der Waals surface area contributed by atoms with Crippen LogP contribution in [0.1, 0.15) is 25.3 Å². The summed E-state index contributed by atoms with van der Waals surface area (Å²) in [6, 6.07) is 5.39. The van der Waals surface area contributed by atoms with E-state index in [-0.39, 0.29) is 35.3 Å². The Hall–Kier alpha value is -2.46. The second kappa shape index (κ2) is 6.47. The first-order valence-corrected chi connectivity index (χ1v) is 5.72. The van der Waals surface area contributed by atoms with Gasteiger partial charge < -0.3 is 11.1 Å². The molecule has 0 aliphatic heterocycles. The summed E-state index contributed by atoms with van der Waals surface area (Å²) in [7, 11) is 0. The van der Waals surface area contributed by atoms with Crippen molar-refractivity contribution in [3.05, 3.63) is 33.9 Å². The molecule has 1 atom stereocenters. The Kier molecular flexibility index (Phi) is 4.97. The van der Waals surface area contributed by atoms with Crippen molar-refractivity contribution in [2.45, 2.75) is 25.8 Å². The third-order valence-electron chi connectivity index (χ3n) is 2.57. The summed E-state index contributed by atoms with van der Waals surface area (Å²) in [6.45, 7) is 1.85. The number of anilines is 1. The van der Waals surface area contributed by atoms with Crippen LogP contribution >= 0.6 is 0 Å². The van der Waals surface area contributed by atoms with Gasteiger partial charge in [-0.15, -0.1) is 0 Å². The fourth-order valence-electron chi connectivity index (χ4n) is 1.44. The first-order chi connectivity index (χ1) is 8.97. The molecule has 0 bridgehead atoms. The number of hydrogen-bond acceptors (Lipinski definition) is 5. The van der Waals surface area contributed by atoms with E-state index < -0.39 is 4.92 Å². The number of nitrogens with one attached hydrogen (secondary N) is 1. The smallest absolute Gasteiger partial charge is 0.294 e. The molecule has 1 aromatic carbocycles. The summed E-state index contributed by atoms with van der Waals surface area (Å²) in [5.41, 5.74) is 5.55. The van der Waals surface area contributed by atoms with Gasteiger partial charge in [0.05, 0.1) is 16.6 Å². The lowest BCUT2D eigenvalue weighted by atomic mass is 10.1. The van der Waals surface area contributed by atoms with Crippen LogP contribution in [0.15, 0.2) is 18.2 Å². The molecule has 100 valence electrons. The molecule has 1 unspecified atom stereocenters. The van der Waals surface area contributed by atoms with Crippen molar-refractivity contribution in [1.82, 2.24) is 0 Å². The Balaban J connectivity index is 2.92. The van der Waals surface area contributed by atoms with Crippen molar-refractivity contribution in [2.75, 3.05) is 5.32 Å². The highest BCUT2D eigenvalue weighted by Gasteiger charge is 2.17. The molecule has 3 N–H and O–H groups in total. The number of hydrogen-bond donors (Lipinski definition) is 2. The van der Waals surface area contributed by atoms with E-state index >= 15 is 0 Å². The third-order valence-corrected chi connectivity index (χ3v) is 2.57. The van der Waals surface area contributed by atoms with Crippen LogP contribution in [-0.2, 0) is 4.79 Å². The molecule has 0 fully saturated rings. The summed E-state index contributed by atoms with van der Waals surface area (Å²) in [5.74, 6) is -0.387. The predicted octanol–water partition coefficient (Wildman–Crippen LogP) is 1.53. The van der Waals surface area contributed by atoms with Gasteiger partial charge >= 0.3 is 0 Å². The van der Waals surface area contributed by atoms with Gasteiger partial charge in [-0.1, -0.05) is 6.92 Å². The van der Waals surface area contributed by atoms with Crippen molar-refractivity contribution in [3.8, 4) is 6.07 Å². The quantitative estimate of drug-likeness (QED) is 0.615.